The second kappa shape index (κ2) is 10.1. The van der Waals surface area contributed by atoms with Gasteiger partial charge in [-0.1, -0.05) is 26.2 Å². The molecule has 0 saturated heterocycles. The molecule has 1 aromatic heterocycles. The molecule has 1 amide bonds. The van der Waals surface area contributed by atoms with Crippen LogP contribution in [0, 0.1) is 18.8 Å². The summed E-state index contributed by atoms with van der Waals surface area (Å²) in [5, 5.41) is 12.2. The highest BCUT2D eigenvalue weighted by molar-refractivity contribution is 5.97. The molecule has 3 aliphatic carbocycles. The van der Waals surface area contributed by atoms with Gasteiger partial charge in [-0.05, 0) is 86.6 Å². The average Bonchev–Trinajstić information content (AvgIpc) is 3.50. The van der Waals surface area contributed by atoms with Gasteiger partial charge in [0.15, 0.2) is 0 Å². The van der Waals surface area contributed by atoms with Crippen molar-refractivity contribution in [2.24, 2.45) is 11.8 Å². The first-order valence-corrected chi connectivity index (χ1v) is 13.5. The Balaban J connectivity index is 1.50. The number of aliphatic carboxylic acids is 1. The number of carboxylic acid groups (broad SMARTS) is 1. The molecular formula is C29H36F2N2O4. The smallest absolute Gasteiger partial charge is 0.387 e. The molecule has 0 aliphatic heterocycles. The summed E-state index contributed by atoms with van der Waals surface area (Å²) in [7, 11) is 0. The van der Waals surface area contributed by atoms with Gasteiger partial charge in [0.05, 0.1) is 11.5 Å². The van der Waals surface area contributed by atoms with Crippen molar-refractivity contribution < 1.29 is 28.2 Å². The van der Waals surface area contributed by atoms with E-state index < -0.39 is 18.5 Å². The summed E-state index contributed by atoms with van der Waals surface area (Å²) in [6, 6.07) is 7.14. The standard InChI is InChI=1S/C29H36F2N2O4/c1-17-24(26(34)32-22-11-20(12-22)27(35)36)15-25(33(17)16-18-6-4-3-5-7-18)19-10-21(29(2)8-9-29)14-23(13-19)37-28(30)31/h10,13-15,18,20,22,28H,3-9,11-12,16H2,1-2H3,(H,32,34)(H,35,36)/t20-,22-. The predicted octanol–water partition coefficient (Wildman–Crippen LogP) is 6.29. The highest BCUT2D eigenvalue weighted by atomic mass is 19.3. The molecule has 37 heavy (non-hydrogen) atoms. The molecule has 6 nitrogen and oxygen atoms in total. The number of amides is 1. The monoisotopic (exact) mass is 514 g/mol. The Morgan fingerprint density at radius 3 is 2.46 bits per heavy atom. The Bertz CT molecular complexity index is 1170. The van der Waals surface area contributed by atoms with E-state index in [0.717, 1.165) is 54.7 Å². The van der Waals surface area contributed by atoms with Crippen LogP contribution in [0.3, 0.4) is 0 Å². The highest BCUT2D eigenvalue weighted by Gasteiger charge is 2.40. The number of rotatable bonds is 9. The van der Waals surface area contributed by atoms with E-state index in [1.807, 2.05) is 13.0 Å². The molecule has 0 unspecified atom stereocenters. The highest BCUT2D eigenvalue weighted by Crippen LogP contribution is 2.49. The summed E-state index contributed by atoms with van der Waals surface area (Å²) in [4.78, 5) is 24.4. The Kier molecular flexibility index (Phi) is 7.03. The van der Waals surface area contributed by atoms with E-state index in [9.17, 15) is 18.4 Å². The minimum Gasteiger partial charge on any atom is -0.481 e. The fourth-order valence-corrected chi connectivity index (χ4v) is 5.92. The van der Waals surface area contributed by atoms with Gasteiger partial charge in [0, 0.05) is 29.5 Å². The molecule has 8 heteroatoms. The lowest BCUT2D eigenvalue weighted by Crippen LogP contribution is -2.46. The van der Waals surface area contributed by atoms with Crippen molar-refractivity contribution in [3.05, 3.63) is 41.1 Å². The zero-order chi connectivity index (χ0) is 26.3. The SMILES string of the molecule is Cc1c(C(=O)N[C@H]2C[C@H](C(=O)O)C2)cc(-c2cc(OC(F)F)cc(C3(C)CC3)c2)n1CC1CCCCC1. The number of benzene rings is 1. The quantitative estimate of drug-likeness (QED) is 0.412. The lowest BCUT2D eigenvalue weighted by Gasteiger charge is -2.32. The Hall–Kier alpha value is -2.90. The average molecular weight is 515 g/mol. The second-order valence-electron chi connectivity index (χ2n) is 11.5. The van der Waals surface area contributed by atoms with Gasteiger partial charge in [0.1, 0.15) is 5.75 Å². The van der Waals surface area contributed by atoms with Crippen LogP contribution in [0.2, 0.25) is 0 Å². The van der Waals surface area contributed by atoms with Gasteiger partial charge < -0.3 is 19.7 Å². The molecule has 2 aromatic rings. The number of halogens is 2. The second-order valence-corrected chi connectivity index (χ2v) is 11.5. The number of nitrogens with one attached hydrogen (secondary N) is 1. The maximum Gasteiger partial charge on any atom is 0.387 e. The number of ether oxygens (including phenoxy) is 1. The predicted molar refractivity (Wildman–Crippen MR) is 136 cm³/mol. The molecule has 1 aromatic carbocycles. The summed E-state index contributed by atoms with van der Waals surface area (Å²) in [5.74, 6) is -0.812. The number of hydrogen-bond acceptors (Lipinski definition) is 3. The van der Waals surface area contributed by atoms with Crippen LogP contribution < -0.4 is 10.1 Å². The molecular weight excluding hydrogens is 478 g/mol. The van der Waals surface area contributed by atoms with Crippen molar-refractivity contribution in [1.29, 1.82) is 0 Å². The summed E-state index contributed by atoms with van der Waals surface area (Å²) >= 11 is 0. The molecule has 0 radical (unpaired) electrons. The van der Waals surface area contributed by atoms with Gasteiger partial charge in [-0.3, -0.25) is 9.59 Å². The molecule has 200 valence electrons. The van der Waals surface area contributed by atoms with Gasteiger partial charge in [-0.2, -0.15) is 8.78 Å². The normalized spacial score (nSPS) is 22.9. The van der Waals surface area contributed by atoms with Crippen LogP contribution in [0.15, 0.2) is 24.3 Å². The molecule has 3 fully saturated rings. The van der Waals surface area contributed by atoms with Crippen LogP contribution in [0.4, 0.5) is 8.78 Å². The van der Waals surface area contributed by atoms with Crippen LogP contribution in [-0.2, 0) is 16.8 Å². The number of carbonyl (C=O) groups is 2. The van der Waals surface area contributed by atoms with E-state index in [4.69, 9.17) is 9.84 Å². The van der Waals surface area contributed by atoms with Gasteiger partial charge in [-0.15, -0.1) is 0 Å². The first kappa shape index (κ1) is 25.7. The molecule has 5 rings (SSSR count). The zero-order valence-electron chi connectivity index (χ0n) is 21.6. The van der Waals surface area contributed by atoms with Crippen molar-refractivity contribution in [2.75, 3.05) is 0 Å². The van der Waals surface area contributed by atoms with Crippen molar-refractivity contribution in [2.45, 2.75) is 96.2 Å². The Morgan fingerprint density at radius 2 is 1.84 bits per heavy atom. The molecule has 0 bridgehead atoms. The van der Waals surface area contributed by atoms with E-state index in [-0.39, 0.29) is 23.1 Å². The number of hydrogen-bond donors (Lipinski definition) is 2. The van der Waals surface area contributed by atoms with Crippen LogP contribution in [0.25, 0.3) is 11.3 Å². The number of alkyl halides is 2. The first-order valence-electron chi connectivity index (χ1n) is 13.5. The molecule has 1 heterocycles. The van der Waals surface area contributed by atoms with E-state index in [1.54, 1.807) is 12.1 Å². The lowest BCUT2D eigenvalue weighted by atomic mass is 9.80. The third kappa shape index (κ3) is 5.53. The molecule has 0 spiro atoms. The van der Waals surface area contributed by atoms with Crippen LogP contribution >= 0.6 is 0 Å². The number of carbonyl (C=O) groups excluding carboxylic acids is 1. The van der Waals surface area contributed by atoms with Crippen molar-refractivity contribution in [3.63, 3.8) is 0 Å². The van der Waals surface area contributed by atoms with Crippen molar-refractivity contribution in [3.8, 4) is 17.0 Å². The topological polar surface area (TPSA) is 80.6 Å². The van der Waals surface area contributed by atoms with Gasteiger partial charge in [0.2, 0.25) is 0 Å². The van der Waals surface area contributed by atoms with Crippen LogP contribution in [-0.4, -0.2) is 34.2 Å². The zero-order valence-corrected chi connectivity index (χ0v) is 21.6. The largest absolute Gasteiger partial charge is 0.481 e. The number of aromatic nitrogens is 1. The third-order valence-corrected chi connectivity index (χ3v) is 8.72. The lowest BCUT2D eigenvalue weighted by molar-refractivity contribution is -0.145. The third-order valence-electron chi connectivity index (χ3n) is 8.72. The first-order chi connectivity index (χ1) is 17.6. The number of carboxylic acids is 1. The van der Waals surface area contributed by atoms with E-state index in [1.165, 1.54) is 19.3 Å². The Labute approximate surface area is 216 Å². The fourth-order valence-electron chi connectivity index (χ4n) is 5.92. The van der Waals surface area contributed by atoms with E-state index in [0.29, 0.717) is 24.3 Å². The van der Waals surface area contributed by atoms with Crippen LogP contribution in [0.5, 0.6) is 5.75 Å². The van der Waals surface area contributed by atoms with Gasteiger partial charge >= 0.3 is 12.6 Å². The fraction of sp³-hybridized carbons (Fsp3) is 0.586. The molecule has 2 N–H and O–H groups in total. The summed E-state index contributed by atoms with van der Waals surface area (Å²) in [6.45, 7) is 1.92. The maximum atomic E-state index is 13.3. The van der Waals surface area contributed by atoms with Crippen molar-refractivity contribution >= 4 is 11.9 Å². The summed E-state index contributed by atoms with van der Waals surface area (Å²) in [6.07, 6.45) is 8.77. The Morgan fingerprint density at radius 1 is 1.14 bits per heavy atom. The summed E-state index contributed by atoms with van der Waals surface area (Å²) < 4.78 is 33.4. The van der Waals surface area contributed by atoms with E-state index >= 15 is 0 Å². The maximum absolute atomic E-state index is 13.3. The molecule has 3 saturated carbocycles. The minimum atomic E-state index is -2.91. The van der Waals surface area contributed by atoms with Gasteiger partial charge in [0.25, 0.3) is 5.91 Å². The van der Waals surface area contributed by atoms with E-state index in [2.05, 4.69) is 22.9 Å². The molecule has 0 atom stereocenters. The number of nitrogens with zero attached hydrogens (tertiary/aromatic N) is 1. The minimum absolute atomic E-state index is 0.0445. The summed E-state index contributed by atoms with van der Waals surface area (Å²) in [5.41, 5.74) is 3.92. The molecule has 3 aliphatic rings. The van der Waals surface area contributed by atoms with Gasteiger partial charge in [-0.25, -0.2) is 0 Å². The van der Waals surface area contributed by atoms with Crippen LogP contribution in [0.1, 0.15) is 86.3 Å². The van der Waals surface area contributed by atoms with Crippen molar-refractivity contribution in [1.82, 2.24) is 9.88 Å².